The Morgan fingerprint density at radius 1 is 1.36 bits per heavy atom. The molecule has 1 unspecified atom stereocenters. The zero-order valence-electron chi connectivity index (χ0n) is 7.47. The number of phenols is 2. The Balaban J connectivity index is 2.57. The number of ether oxygens (including phenoxy) is 1. The lowest BCUT2D eigenvalue weighted by Gasteiger charge is -2.22. The van der Waals surface area contributed by atoms with E-state index in [1.807, 2.05) is 0 Å². The van der Waals surface area contributed by atoms with Gasteiger partial charge in [0.15, 0.2) is 11.5 Å². The van der Waals surface area contributed by atoms with Crippen LogP contribution in [0.3, 0.4) is 0 Å². The van der Waals surface area contributed by atoms with Gasteiger partial charge in [-0.05, 0) is 12.1 Å². The van der Waals surface area contributed by atoms with Crippen molar-refractivity contribution in [1.82, 2.24) is 0 Å². The molecule has 4 N–H and O–H groups in total. The van der Waals surface area contributed by atoms with Gasteiger partial charge in [0.25, 0.3) is 0 Å². The van der Waals surface area contributed by atoms with Crippen LogP contribution in [-0.4, -0.2) is 16.8 Å². The minimum atomic E-state index is -0.249. The van der Waals surface area contributed by atoms with Gasteiger partial charge in [-0.15, -0.1) is 0 Å². The van der Waals surface area contributed by atoms with Crippen molar-refractivity contribution in [2.45, 2.75) is 6.10 Å². The molecule has 1 aliphatic heterocycles. The van der Waals surface area contributed by atoms with Crippen molar-refractivity contribution in [2.24, 2.45) is 5.73 Å². The standard InChI is InChI=1S/C10H11NO3/c11-5-9-6-1-2-8(12)10(13)7(6)3-4-14-9/h1-4,9,12-13H,5,11H2. The summed E-state index contributed by atoms with van der Waals surface area (Å²) in [7, 11) is 0. The number of hydrogen-bond donors (Lipinski definition) is 3. The monoisotopic (exact) mass is 193 g/mol. The molecule has 1 aromatic rings. The molecule has 0 aliphatic carbocycles. The molecule has 4 nitrogen and oxygen atoms in total. The summed E-state index contributed by atoms with van der Waals surface area (Å²) in [5.41, 5.74) is 6.88. The van der Waals surface area contributed by atoms with Gasteiger partial charge in [0.05, 0.1) is 6.26 Å². The summed E-state index contributed by atoms with van der Waals surface area (Å²) in [5, 5.41) is 18.8. The highest BCUT2D eigenvalue weighted by atomic mass is 16.5. The topological polar surface area (TPSA) is 75.7 Å². The molecule has 0 saturated carbocycles. The Bertz CT molecular complexity index is 387. The SMILES string of the molecule is NCC1OC=Cc2c1ccc(O)c2O. The van der Waals surface area contributed by atoms with E-state index in [1.54, 1.807) is 12.1 Å². The van der Waals surface area contributed by atoms with Crippen LogP contribution < -0.4 is 5.73 Å². The fraction of sp³-hybridized carbons (Fsp3) is 0.200. The lowest BCUT2D eigenvalue weighted by atomic mass is 9.99. The molecule has 1 aromatic carbocycles. The van der Waals surface area contributed by atoms with Gasteiger partial charge in [-0.2, -0.15) is 0 Å². The van der Waals surface area contributed by atoms with E-state index in [0.29, 0.717) is 12.1 Å². The van der Waals surface area contributed by atoms with E-state index < -0.39 is 0 Å². The number of fused-ring (bicyclic) bond motifs is 1. The summed E-state index contributed by atoms with van der Waals surface area (Å²) in [4.78, 5) is 0. The van der Waals surface area contributed by atoms with Crippen LogP contribution in [0.2, 0.25) is 0 Å². The first kappa shape index (κ1) is 8.90. The normalized spacial score (nSPS) is 18.8. The van der Waals surface area contributed by atoms with Gasteiger partial charge in [-0.3, -0.25) is 0 Å². The number of benzene rings is 1. The third-order valence-electron chi connectivity index (χ3n) is 2.27. The molecule has 14 heavy (non-hydrogen) atoms. The molecule has 0 fully saturated rings. The maximum atomic E-state index is 9.56. The van der Waals surface area contributed by atoms with Crippen LogP contribution in [0.25, 0.3) is 6.08 Å². The first-order valence-electron chi connectivity index (χ1n) is 4.31. The minimum absolute atomic E-state index is 0.125. The average Bonchev–Trinajstić information content (AvgIpc) is 2.23. The van der Waals surface area contributed by atoms with E-state index in [-0.39, 0.29) is 17.6 Å². The third-order valence-corrected chi connectivity index (χ3v) is 2.27. The predicted octanol–water partition coefficient (Wildman–Crippen LogP) is 1.10. The van der Waals surface area contributed by atoms with Crippen molar-refractivity contribution in [2.75, 3.05) is 6.54 Å². The second-order valence-electron chi connectivity index (χ2n) is 3.10. The lowest BCUT2D eigenvalue weighted by Crippen LogP contribution is -2.16. The number of nitrogens with two attached hydrogens (primary N) is 1. The van der Waals surface area contributed by atoms with E-state index in [2.05, 4.69) is 0 Å². The minimum Gasteiger partial charge on any atom is -0.504 e. The van der Waals surface area contributed by atoms with Crippen LogP contribution >= 0.6 is 0 Å². The van der Waals surface area contributed by atoms with Gasteiger partial charge in [0, 0.05) is 17.7 Å². The molecule has 1 aliphatic rings. The molecule has 2 rings (SSSR count). The third kappa shape index (κ3) is 1.20. The second-order valence-corrected chi connectivity index (χ2v) is 3.10. The van der Waals surface area contributed by atoms with Gasteiger partial charge in [0.1, 0.15) is 6.10 Å². The van der Waals surface area contributed by atoms with Crippen LogP contribution in [0.4, 0.5) is 0 Å². The molecule has 0 aromatic heterocycles. The fourth-order valence-electron chi connectivity index (χ4n) is 1.53. The fourth-order valence-corrected chi connectivity index (χ4v) is 1.53. The smallest absolute Gasteiger partial charge is 0.165 e. The maximum Gasteiger partial charge on any atom is 0.165 e. The molecule has 0 spiro atoms. The molecule has 0 amide bonds. The zero-order chi connectivity index (χ0) is 10.1. The molecule has 4 heteroatoms. The summed E-state index contributed by atoms with van der Waals surface area (Å²) < 4.78 is 5.25. The van der Waals surface area contributed by atoms with Gasteiger partial charge in [-0.25, -0.2) is 0 Å². The zero-order valence-corrected chi connectivity index (χ0v) is 7.47. The van der Waals surface area contributed by atoms with Gasteiger partial charge in [0.2, 0.25) is 0 Å². The van der Waals surface area contributed by atoms with E-state index in [0.717, 1.165) is 5.56 Å². The average molecular weight is 193 g/mol. The molecular formula is C10H11NO3. The molecule has 74 valence electrons. The Labute approximate surface area is 81.2 Å². The van der Waals surface area contributed by atoms with Crippen LogP contribution in [0.15, 0.2) is 18.4 Å². The van der Waals surface area contributed by atoms with Gasteiger partial charge in [-0.1, -0.05) is 6.07 Å². The summed E-state index contributed by atoms with van der Waals surface area (Å²) in [5.74, 6) is -0.258. The van der Waals surface area contributed by atoms with Crippen molar-refractivity contribution in [3.63, 3.8) is 0 Å². The largest absolute Gasteiger partial charge is 0.504 e. The van der Waals surface area contributed by atoms with Gasteiger partial charge < -0.3 is 20.7 Å². The number of aromatic hydroxyl groups is 2. The Morgan fingerprint density at radius 3 is 2.86 bits per heavy atom. The summed E-state index contributed by atoms with van der Waals surface area (Å²) in [6, 6.07) is 3.13. The van der Waals surface area contributed by atoms with Crippen LogP contribution in [0.1, 0.15) is 17.2 Å². The van der Waals surface area contributed by atoms with Crippen molar-refractivity contribution < 1.29 is 14.9 Å². The maximum absolute atomic E-state index is 9.56. The van der Waals surface area contributed by atoms with Crippen molar-refractivity contribution >= 4 is 6.08 Å². The van der Waals surface area contributed by atoms with Crippen molar-refractivity contribution in [3.05, 3.63) is 29.5 Å². The van der Waals surface area contributed by atoms with Crippen molar-refractivity contribution in [3.8, 4) is 11.5 Å². The van der Waals surface area contributed by atoms with Crippen LogP contribution in [0.5, 0.6) is 11.5 Å². The Morgan fingerprint density at radius 2 is 2.14 bits per heavy atom. The number of hydrogen-bond acceptors (Lipinski definition) is 4. The van der Waals surface area contributed by atoms with Gasteiger partial charge >= 0.3 is 0 Å². The first-order valence-corrected chi connectivity index (χ1v) is 4.31. The molecule has 0 bridgehead atoms. The van der Waals surface area contributed by atoms with Crippen LogP contribution in [-0.2, 0) is 4.74 Å². The highest BCUT2D eigenvalue weighted by molar-refractivity contribution is 5.66. The lowest BCUT2D eigenvalue weighted by molar-refractivity contribution is 0.151. The first-order chi connectivity index (χ1) is 6.74. The number of rotatable bonds is 1. The predicted molar refractivity (Wildman–Crippen MR) is 51.7 cm³/mol. The molecular weight excluding hydrogens is 182 g/mol. The number of phenolic OH excluding ortho intramolecular Hbond substituents is 2. The van der Waals surface area contributed by atoms with E-state index in [9.17, 15) is 10.2 Å². The summed E-state index contributed by atoms with van der Waals surface area (Å²) >= 11 is 0. The molecule has 1 heterocycles. The van der Waals surface area contributed by atoms with E-state index in [1.165, 1.54) is 12.3 Å². The quantitative estimate of drug-likeness (QED) is 0.584. The van der Waals surface area contributed by atoms with E-state index >= 15 is 0 Å². The second kappa shape index (κ2) is 3.23. The highest BCUT2D eigenvalue weighted by Crippen LogP contribution is 2.38. The molecule has 1 atom stereocenters. The Hall–Kier alpha value is -1.68. The van der Waals surface area contributed by atoms with Crippen LogP contribution in [0, 0.1) is 0 Å². The molecule has 0 radical (unpaired) electrons. The summed E-state index contributed by atoms with van der Waals surface area (Å²) in [6.45, 7) is 0.335. The Kier molecular flexibility index (Phi) is 2.05. The summed E-state index contributed by atoms with van der Waals surface area (Å²) in [6.07, 6.45) is 2.83. The van der Waals surface area contributed by atoms with E-state index in [4.69, 9.17) is 10.5 Å². The highest BCUT2D eigenvalue weighted by Gasteiger charge is 2.20. The molecule has 0 saturated heterocycles. The van der Waals surface area contributed by atoms with Crippen molar-refractivity contribution in [1.29, 1.82) is 0 Å².